The van der Waals surface area contributed by atoms with Crippen LogP contribution in [0.2, 0.25) is 0 Å². The molecule has 1 aromatic heterocycles. The molecule has 1 fully saturated rings. The summed E-state index contributed by atoms with van der Waals surface area (Å²) in [5.41, 5.74) is 3.79. The maximum Gasteiger partial charge on any atom is 0.263 e. The number of carbonyl (C=O) groups excluding carboxylic acids is 1. The van der Waals surface area contributed by atoms with Crippen molar-refractivity contribution in [2.24, 2.45) is 0 Å². The zero-order valence-corrected chi connectivity index (χ0v) is 20.3. The number of hydrogen-bond donors (Lipinski definition) is 1. The van der Waals surface area contributed by atoms with Gasteiger partial charge >= 0.3 is 0 Å². The van der Waals surface area contributed by atoms with E-state index in [1.54, 1.807) is 65.6 Å². The number of rotatable bonds is 6. The van der Waals surface area contributed by atoms with Crippen LogP contribution in [0, 0.1) is 0 Å². The van der Waals surface area contributed by atoms with Crippen molar-refractivity contribution in [1.29, 1.82) is 0 Å². The quantitative estimate of drug-likeness (QED) is 0.416. The van der Waals surface area contributed by atoms with Crippen molar-refractivity contribution >= 4 is 21.7 Å². The van der Waals surface area contributed by atoms with Crippen molar-refractivity contribution in [3.63, 3.8) is 0 Å². The molecule has 1 N–H and O–H groups in total. The summed E-state index contributed by atoms with van der Waals surface area (Å²) in [6, 6.07) is 28.8. The minimum Gasteiger partial charge on any atom is -0.378 e. The summed E-state index contributed by atoms with van der Waals surface area (Å²) in [6.45, 7) is 2.18. The van der Waals surface area contributed by atoms with Gasteiger partial charge < -0.3 is 9.64 Å². The van der Waals surface area contributed by atoms with Gasteiger partial charge in [0.15, 0.2) is 0 Å². The third kappa shape index (κ3) is 5.30. The Kier molecular flexibility index (Phi) is 6.79. The van der Waals surface area contributed by atoms with Gasteiger partial charge in [-0.15, -0.1) is 0 Å². The van der Waals surface area contributed by atoms with Crippen molar-refractivity contribution in [1.82, 2.24) is 9.88 Å². The highest BCUT2D eigenvalue weighted by Crippen LogP contribution is 2.24. The highest BCUT2D eigenvalue weighted by Gasteiger charge is 2.19. The monoisotopic (exact) mass is 499 g/mol. The van der Waals surface area contributed by atoms with E-state index in [2.05, 4.69) is 9.71 Å². The minimum atomic E-state index is -3.83. The molecule has 0 saturated carbocycles. The number of nitrogens with zero attached hydrogens (tertiary/aromatic N) is 2. The molecule has 4 aromatic rings. The number of ether oxygens (including phenoxy) is 1. The summed E-state index contributed by atoms with van der Waals surface area (Å²) in [4.78, 5) is 19.3. The van der Waals surface area contributed by atoms with E-state index in [0.29, 0.717) is 37.6 Å². The number of nitrogens with one attached hydrogen (secondary N) is 1. The first-order valence-corrected chi connectivity index (χ1v) is 13.1. The van der Waals surface area contributed by atoms with E-state index in [1.807, 2.05) is 36.4 Å². The lowest BCUT2D eigenvalue weighted by molar-refractivity contribution is 0.0303. The first-order valence-electron chi connectivity index (χ1n) is 11.6. The number of morpholine rings is 1. The summed E-state index contributed by atoms with van der Waals surface area (Å²) in [5, 5.41) is 0. The number of amides is 1. The molecule has 1 saturated heterocycles. The lowest BCUT2D eigenvalue weighted by Crippen LogP contribution is -2.40. The third-order valence-electron chi connectivity index (χ3n) is 5.96. The molecule has 1 aliphatic heterocycles. The maximum absolute atomic E-state index is 13.0. The normalized spacial score (nSPS) is 13.8. The first kappa shape index (κ1) is 23.7. The van der Waals surface area contributed by atoms with E-state index in [4.69, 9.17) is 4.74 Å². The minimum absolute atomic E-state index is 0.0593. The maximum atomic E-state index is 13.0. The second-order valence-corrected chi connectivity index (χ2v) is 10.1. The zero-order chi connectivity index (χ0) is 25.0. The Balaban J connectivity index is 1.34. The average molecular weight is 500 g/mol. The van der Waals surface area contributed by atoms with Crippen LogP contribution >= 0.6 is 0 Å². The Morgan fingerprint density at radius 2 is 1.44 bits per heavy atom. The molecule has 0 aliphatic carbocycles. The number of carbonyl (C=O) groups is 1. The number of sulfonamides is 1. The topological polar surface area (TPSA) is 88.6 Å². The van der Waals surface area contributed by atoms with Crippen LogP contribution in [0.1, 0.15) is 10.4 Å². The molecule has 0 atom stereocenters. The van der Waals surface area contributed by atoms with Gasteiger partial charge in [-0.2, -0.15) is 0 Å². The van der Waals surface area contributed by atoms with Crippen LogP contribution in [0.5, 0.6) is 0 Å². The van der Waals surface area contributed by atoms with Gasteiger partial charge in [0.1, 0.15) is 5.82 Å². The van der Waals surface area contributed by atoms with Gasteiger partial charge in [-0.25, -0.2) is 13.4 Å². The molecule has 1 aliphatic rings. The molecule has 3 aromatic carbocycles. The fraction of sp³-hybridized carbons (Fsp3) is 0.143. The van der Waals surface area contributed by atoms with Crippen molar-refractivity contribution in [3.8, 4) is 22.4 Å². The second-order valence-electron chi connectivity index (χ2n) is 8.39. The second kappa shape index (κ2) is 10.3. The Morgan fingerprint density at radius 3 is 2.19 bits per heavy atom. The number of anilines is 1. The van der Waals surface area contributed by atoms with Crippen LogP contribution in [0.4, 0.5) is 5.82 Å². The lowest BCUT2D eigenvalue weighted by Gasteiger charge is -2.27. The van der Waals surface area contributed by atoms with E-state index in [0.717, 1.165) is 16.7 Å². The summed E-state index contributed by atoms with van der Waals surface area (Å²) in [5.74, 6) is 0.139. The van der Waals surface area contributed by atoms with Gasteiger partial charge in [0.05, 0.1) is 23.8 Å². The van der Waals surface area contributed by atoms with Crippen LogP contribution in [-0.2, 0) is 14.8 Å². The molecular formula is C28H25N3O4S. The van der Waals surface area contributed by atoms with E-state index in [1.165, 1.54) is 0 Å². The van der Waals surface area contributed by atoms with E-state index < -0.39 is 10.0 Å². The molecule has 8 heteroatoms. The van der Waals surface area contributed by atoms with Crippen molar-refractivity contribution in [2.45, 2.75) is 4.90 Å². The molecule has 0 bridgehead atoms. The lowest BCUT2D eigenvalue weighted by atomic mass is 10.1. The predicted molar refractivity (Wildman–Crippen MR) is 139 cm³/mol. The fourth-order valence-electron chi connectivity index (χ4n) is 4.07. The van der Waals surface area contributed by atoms with Crippen molar-refractivity contribution in [3.05, 3.63) is 103 Å². The van der Waals surface area contributed by atoms with Gasteiger partial charge in [0, 0.05) is 24.2 Å². The Morgan fingerprint density at radius 1 is 0.778 bits per heavy atom. The summed E-state index contributed by atoms with van der Waals surface area (Å²) in [6.07, 6.45) is 0. The van der Waals surface area contributed by atoms with Crippen LogP contribution in [0.15, 0.2) is 102 Å². The SMILES string of the molecule is O=C(c1cccc(-c2cccc(NS(=O)(=O)c3ccc(-c4ccccc4)cc3)n2)c1)N1CCOCC1. The molecule has 0 unspecified atom stereocenters. The molecule has 2 heterocycles. The third-order valence-corrected chi connectivity index (χ3v) is 7.33. The molecule has 182 valence electrons. The van der Waals surface area contributed by atoms with Gasteiger partial charge in [-0.05, 0) is 47.5 Å². The Hall–Kier alpha value is -4.01. The molecule has 0 radical (unpaired) electrons. The molecule has 0 spiro atoms. The molecule has 36 heavy (non-hydrogen) atoms. The zero-order valence-electron chi connectivity index (χ0n) is 19.5. The van der Waals surface area contributed by atoms with Crippen LogP contribution < -0.4 is 4.72 Å². The van der Waals surface area contributed by atoms with Crippen LogP contribution in [0.25, 0.3) is 22.4 Å². The Bertz CT molecular complexity index is 1470. The smallest absolute Gasteiger partial charge is 0.263 e. The van der Waals surface area contributed by atoms with E-state index >= 15 is 0 Å². The largest absolute Gasteiger partial charge is 0.378 e. The highest BCUT2D eigenvalue weighted by atomic mass is 32.2. The molecule has 5 rings (SSSR count). The fourth-order valence-corrected chi connectivity index (χ4v) is 5.07. The van der Waals surface area contributed by atoms with E-state index in [9.17, 15) is 13.2 Å². The predicted octanol–water partition coefficient (Wildman–Crippen LogP) is 4.69. The number of benzene rings is 3. The molecular weight excluding hydrogens is 474 g/mol. The molecule has 1 amide bonds. The van der Waals surface area contributed by atoms with Gasteiger partial charge in [0.25, 0.3) is 15.9 Å². The first-order chi connectivity index (χ1) is 17.5. The van der Waals surface area contributed by atoms with E-state index in [-0.39, 0.29) is 16.6 Å². The summed E-state index contributed by atoms with van der Waals surface area (Å²) in [7, 11) is -3.83. The molecule has 7 nitrogen and oxygen atoms in total. The van der Waals surface area contributed by atoms with Crippen LogP contribution in [-0.4, -0.2) is 50.5 Å². The van der Waals surface area contributed by atoms with Gasteiger partial charge in [-0.1, -0.05) is 60.7 Å². The standard InChI is InChI=1S/C28H25N3O4S/c32-28(31-16-18-35-19-17-31)24-9-4-8-23(20-24)26-10-5-11-27(29-26)30-36(33,34)25-14-12-22(13-15-25)21-6-2-1-3-7-21/h1-15,20H,16-19H2,(H,29,30). The average Bonchev–Trinajstić information content (AvgIpc) is 2.94. The number of pyridine rings is 1. The van der Waals surface area contributed by atoms with Gasteiger partial charge in [0.2, 0.25) is 0 Å². The highest BCUT2D eigenvalue weighted by molar-refractivity contribution is 7.92. The Labute approximate surface area is 210 Å². The summed E-state index contributed by atoms with van der Waals surface area (Å²) >= 11 is 0. The van der Waals surface area contributed by atoms with Crippen molar-refractivity contribution < 1.29 is 17.9 Å². The van der Waals surface area contributed by atoms with Crippen LogP contribution in [0.3, 0.4) is 0 Å². The van der Waals surface area contributed by atoms with Gasteiger partial charge in [-0.3, -0.25) is 9.52 Å². The van der Waals surface area contributed by atoms with Crippen molar-refractivity contribution in [2.75, 3.05) is 31.0 Å². The summed E-state index contributed by atoms with van der Waals surface area (Å²) < 4.78 is 33.9. The number of aromatic nitrogens is 1. The number of hydrogen-bond acceptors (Lipinski definition) is 5.